The second-order valence-electron chi connectivity index (χ2n) is 3.27. The van der Waals surface area contributed by atoms with Crippen molar-refractivity contribution < 1.29 is 18.3 Å². The first-order valence-corrected chi connectivity index (χ1v) is 8.40. The van der Waals surface area contributed by atoms with Gasteiger partial charge in [0, 0.05) is 12.3 Å². The summed E-state index contributed by atoms with van der Waals surface area (Å²) >= 11 is 2.31. The van der Waals surface area contributed by atoms with Gasteiger partial charge in [-0.15, -0.1) is 11.3 Å². The van der Waals surface area contributed by atoms with Gasteiger partial charge >= 0.3 is 5.97 Å². The van der Waals surface area contributed by atoms with Gasteiger partial charge in [-0.1, -0.05) is 0 Å². The highest BCUT2D eigenvalue weighted by atomic mass is 32.2. The maximum Gasteiger partial charge on any atom is 0.346 e. The molecule has 0 radical (unpaired) electrons. The highest BCUT2D eigenvalue weighted by molar-refractivity contribution is 7.98. The first kappa shape index (κ1) is 14.5. The minimum absolute atomic E-state index is 0.0495. The largest absolute Gasteiger partial charge is 0.477 e. The molecule has 0 saturated carbocycles. The molecule has 8 heteroatoms. The van der Waals surface area contributed by atoms with Crippen molar-refractivity contribution in [3.63, 3.8) is 0 Å². The third-order valence-corrected chi connectivity index (χ3v) is 5.72. The second-order valence-corrected chi connectivity index (χ2v) is 7.30. The Labute approximate surface area is 108 Å². The summed E-state index contributed by atoms with van der Waals surface area (Å²) in [5.41, 5.74) is 0.466. The fraction of sp³-hybridized carbons (Fsp3) is 0.444. The molecule has 1 aromatic heterocycles. The number of carbonyl (C=O) groups is 1. The number of aromatic carboxylic acids is 1. The van der Waals surface area contributed by atoms with Crippen LogP contribution in [0.3, 0.4) is 0 Å². The molecule has 1 heterocycles. The van der Waals surface area contributed by atoms with Crippen molar-refractivity contribution in [3.8, 4) is 0 Å². The van der Waals surface area contributed by atoms with Crippen LogP contribution < -0.4 is 4.72 Å². The van der Waals surface area contributed by atoms with E-state index in [1.165, 1.54) is 17.8 Å². The van der Waals surface area contributed by atoms with Gasteiger partial charge < -0.3 is 5.11 Å². The highest BCUT2D eigenvalue weighted by Gasteiger charge is 2.20. The van der Waals surface area contributed by atoms with Crippen LogP contribution in [-0.4, -0.2) is 38.0 Å². The molecule has 17 heavy (non-hydrogen) atoms. The first-order valence-electron chi connectivity index (χ1n) is 4.71. The van der Waals surface area contributed by atoms with Crippen LogP contribution in [0.2, 0.25) is 0 Å². The minimum Gasteiger partial charge on any atom is -0.477 e. The average molecular weight is 295 g/mol. The van der Waals surface area contributed by atoms with Gasteiger partial charge in [0.15, 0.2) is 0 Å². The number of nitrogens with one attached hydrogen (secondary N) is 1. The van der Waals surface area contributed by atoms with Gasteiger partial charge in [0.25, 0.3) is 0 Å². The molecule has 0 saturated heterocycles. The lowest BCUT2D eigenvalue weighted by Gasteiger charge is -2.02. The number of hydrogen-bond donors (Lipinski definition) is 2. The Morgan fingerprint density at radius 3 is 2.71 bits per heavy atom. The van der Waals surface area contributed by atoms with E-state index in [-0.39, 0.29) is 9.09 Å². The predicted molar refractivity (Wildman–Crippen MR) is 69.6 cm³/mol. The molecule has 2 N–H and O–H groups in total. The molecule has 1 rings (SSSR count). The third-order valence-electron chi connectivity index (χ3n) is 1.95. The maximum atomic E-state index is 11.8. The molecule has 0 unspecified atom stereocenters. The molecular weight excluding hydrogens is 282 g/mol. The molecule has 0 spiro atoms. The fourth-order valence-corrected chi connectivity index (χ4v) is 4.04. The zero-order valence-electron chi connectivity index (χ0n) is 9.39. The van der Waals surface area contributed by atoms with E-state index in [9.17, 15) is 13.2 Å². The van der Waals surface area contributed by atoms with Crippen LogP contribution in [0.5, 0.6) is 0 Å². The number of thioether (sulfide) groups is 1. The number of carboxylic acid groups (broad SMARTS) is 1. The van der Waals surface area contributed by atoms with Gasteiger partial charge in [-0.25, -0.2) is 17.9 Å². The van der Waals surface area contributed by atoms with E-state index in [4.69, 9.17) is 5.11 Å². The van der Waals surface area contributed by atoms with Crippen LogP contribution in [0, 0.1) is 6.92 Å². The Morgan fingerprint density at radius 2 is 2.24 bits per heavy atom. The van der Waals surface area contributed by atoms with Crippen LogP contribution in [0.15, 0.2) is 10.3 Å². The van der Waals surface area contributed by atoms with Gasteiger partial charge in [-0.3, -0.25) is 0 Å². The fourth-order valence-electron chi connectivity index (χ4n) is 1.15. The smallest absolute Gasteiger partial charge is 0.346 e. The molecule has 5 nitrogen and oxygen atoms in total. The Hall–Kier alpha value is -0.570. The van der Waals surface area contributed by atoms with Crippen molar-refractivity contribution in [2.24, 2.45) is 0 Å². The van der Waals surface area contributed by atoms with Crippen LogP contribution in [0.1, 0.15) is 15.2 Å². The maximum absolute atomic E-state index is 11.8. The van der Waals surface area contributed by atoms with Crippen molar-refractivity contribution in [3.05, 3.63) is 16.5 Å². The molecule has 96 valence electrons. The SMILES string of the molecule is CSCCNS(=O)(=O)c1cc(C)c(C(=O)O)s1. The number of rotatable bonds is 6. The summed E-state index contributed by atoms with van der Waals surface area (Å²) in [6.07, 6.45) is 1.88. The minimum atomic E-state index is -3.58. The van der Waals surface area contributed by atoms with E-state index >= 15 is 0 Å². The average Bonchev–Trinajstić information content (AvgIpc) is 2.61. The summed E-state index contributed by atoms with van der Waals surface area (Å²) in [5.74, 6) is -0.423. The van der Waals surface area contributed by atoms with Gasteiger partial charge in [0.1, 0.15) is 9.09 Å². The summed E-state index contributed by atoms with van der Waals surface area (Å²) < 4.78 is 26.1. The van der Waals surface area contributed by atoms with Crippen molar-refractivity contribution >= 4 is 39.1 Å². The summed E-state index contributed by atoms with van der Waals surface area (Å²) in [6.45, 7) is 1.92. The van der Waals surface area contributed by atoms with Crippen molar-refractivity contribution in [1.82, 2.24) is 4.72 Å². The van der Waals surface area contributed by atoms with E-state index in [1.54, 1.807) is 6.92 Å². The van der Waals surface area contributed by atoms with E-state index in [0.717, 1.165) is 11.3 Å². The quantitative estimate of drug-likeness (QED) is 0.775. The molecule has 1 aromatic rings. The normalized spacial score (nSPS) is 11.6. The van der Waals surface area contributed by atoms with Crippen LogP contribution in [-0.2, 0) is 10.0 Å². The Morgan fingerprint density at radius 1 is 1.59 bits per heavy atom. The summed E-state index contributed by atoms with van der Waals surface area (Å²) in [6, 6.07) is 1.38. The zero-order chi connectivity index (χ0) is 13.1. The Balaban J connectivity index is 2.92. The molecule has 0 fully saturated rings. The molecule has 0 atom stereocenters. The van der Waals surface area contributed by atoms with Gasteiger partial charge in [-0.2, -0.15) is 11.8 Å². The monoisotopic (exact) mass is 295 g/mol. The topological polar surface area (TPSA) is 83.5 Å². The number of carboxylic acids is 1. The van der Waals surface area contributed by atoms with Crippen molar-refractivity contribution in [1.29, 1.82) is 0 Å². The molecule has 0 aliphatic carbocycles. The van der Waals surface area contributed by atoms with Gasteiger partial charge in [0.2, 0.25) is 10.0 Å². The molecule has 0 aromatic carbocycles. The van der Waals surface area contributed by atoms with E-state index < -0.39 is 16.0 Å². The zero-order valence-corrected chi connectivity index (χ0v) is 11.8. The summed E-state index contributed by atoms with van der Waals surface area (Å²) in [4.78, 5) is 10.9. The summed E-state index contributed by atoms with van der Waals surface area (Å²) in [5, 5.41) is 8.85. The molecule has 0 bridgehead atoms. The number of aryl methyl sites for hydroxylation is 1. The number of thiophene rings is 1. The predicted octanol–water partition coefficient (Wildman–Crippen LogP) is 1.40. The highest BCUT2D eigenvalue weighted by Crippen LogP contribution is 2.25. The Kier molecular flexibility index (Phi) is 4.99. The van der Waals surface area contributed by atoms with E-state index in [2.05, 4.69) is 4.72 Å². The summed E-state index contributed by atoms with van der Waals surface area (Å²) in [7, 11) is -3.58. The van der Waals surface area contributed by atoms with Crippen LogP contribution >= 0.6 is 23.1 Å². The third kappa shape index (κ3) is 3.70. The van der Waals surface area contributed by atoms with Crippen LogP contribution in [0.4, 0.5) is 0 Å². The molecule has 0 aliphatic rings. The van der Waals surface area contributed by atoms with Crippen molar-refractivity contribution in [2.75, 3.05) is 18.6 Å². The van der Waals surface area contributed by atoms with Crippen LogP contribution in [0.25, 0.3) is 0 Å². The first-order chi connectivity index (χ1) is 7.88. The van der Waals surface area contributed by atoms with Gasteiger partial charge in [0.05, 0.1) is 0 Å². The Bertz CT molecular complexity index is 506. The van der Waals surface area contributed by atoms with Crippen molar-refractivity contribution in [2.45, 2.75) is 11.1 Å². The molecule has 0 amide bonds. The lowest BCUT2D eigenvalue weighted by Crippen LogP contribution is -2.25. The van der Waals surface area contributed by atoms with E-state index in [1.807, 2.05) is 6.26 Å². The van der Waals surface area contributed by atoms with E-state index in [0.29, 0.717) is 17.9 Å². The number of sulfonamides is 1. The molecule has 0 aliphatic heterocycles. The number of hydrogen-bond acceptors (Lipinski definition) is 5. The second kappa shape index (κ2) is 5.85. The lowest BCUT2D eigenvalue weighted by molar-refractivity contribution is 0.0701. The standard InChI is InChI=1S/C9H13NO4S3/c1-6-5-7(16-8(6)9(11)12)17(13,14)10-3-4-15-2/h5,10H,3-4H2,1-2H3,(H,11,12). The van der Waals surface area contributed by atoms with Gasteiger partial charge in [-0.05, 0) is 24.8 Å². The molecular formula is C9H13NO4S3. The lowest BCUT2D eigenvalue weighted by atomic mass is 10.3.